The van der Waals surface area contributed by atoms with Crippen LogP contribution in [0.1, 0.15) is 23.6 Å². The molecule has 0 spiro atoms. The predicted molar refractivity (Wildman–Crippen MR) is 72.9 cm³/mol. The van der Waals surface area contributed by atoms with Crippen molar-refractivity contribution in [2.45, 2.75) is 13.3 Å². The van der Waals surface area contributed by atoms with Gasteiger partial charge in [0.2, 0.25) is 5.82 Å². The van der Waals surface area contributed by atoms with Crippen LogP contribution in [0, 0.1) is 24.1 Å². The third kappa shape index (κ3) is 2.11. The summed E-state index contributed by atoms with van der Waals surface area (Å²) < 4.78 is 46.7. The van der Waals surface area contributed by atoms with E-state index < -0.39 is 23.8 Å². The van der Waals surface area contributed by atoms with Crippen LogP contribution >= 0.6 is 0 Å². The SMILES string of the molecule is Cc1cc2c(-n3nc(C(F)F)n(C)c3=O)c(F)cc(C#N)c2o1. The van der Waals surface area contributed by atoms with Gasteiger partial charge in [-0.25, -0.2) is 18.0 Å². The van der Waals surface area contributed by atoms with Crippen molar-refractivity contribution in [3.8, 4) is 11.8 Å². The minimum atomic E-state index is -2.99. The maximum absolute atomic E-state index is 14.4. The number of hydrogen-bond donors (Lipinski definition) is 0. The lowest BCUT2D eigenvalue weighted by molar-refractivity contribution is 0.136. The molecule has 0 bridgehead atoms. The number of halogens is 3. The molecule has 2 heterocycles. The Kier molecular flexibility index (Phi) is 3.25. The molecular formula is C14H9F3N4O2. The van der Waals surface area contributed by atoms with Crippen molar-refractivity contribution < 1.29 is 17.6 Å². The highest BCUT2D eigenvalue weighted by Gasteiger charge is 2.24. The van der Waals surface area contributed by atoms with Gasteiger partial charge in [0.25, 0.3) is 6.43 Å². The lowest BCUT2D eigenvalue weighted by Crippen LogP contribution is -2.23. The van der Waals surface area contributed by atoms with Crippen molar-refractivity contribution in [1.29, 1.82) is 5.26 Å². The van der Waals surface area contributed by atoms with Gasteiger partial charge in [0, 0.05) is 7.05 Å². The number of aromatic nitrogens is 3. The fourth-order valence-electron chi connectivity index (χ4n) is 2.37. The molecule has 1 aromatic carbocycles. The Balaban J connectivity index is 2.43. The highest BCUT2D eigenvalue weighted by atomic mass is 19.3. The van der Waals surface area contributed by atoms with Crippen LogP contribution in [-0.4, -0.2) is 14.3 Å². The van der Waals surface area contributed by atoms with Crippen LogP contribution in [0.25, 0.3) is 16.7 Å². The molecule has 0 unspecified atom stereocenters. The first-order chi connectivity index (χ1) is 10.8. The topological polar surface area (TPSA) is 76.8 Å². The fraction of sp³-hybridized carbons (Fsp3) is 0.214. The molecule has 2 aromatic heterocycles. The van der Waals surface area contributed by atoms with Crippen molar-refractivity contribution in [2.75, 3.05) is 0 Å². The second-order valence-corrected chi connectivity index (χ2v) is 4.88. The van der Waals surface area contributed by atoms with Crippen molar-refractivity contribution in [2.24, 2.45) is 7.05 Å². The van der Waals surface area contributed by atoms with E-state index >= 15 is 0 Å². The van der Waals surface area contributed by atoms with Crippen LogP contribution in [0.3, 0.4) is 0 Å². The summed E-state index contributed by atoms with van der Waals surface area (Å²) in [7, 11) is 1.12. The minimum Gasteiger partial charge on any atom is -0.460 e. The standard InChI is InChI=1S/C14H9F3N4O2/c1-6-3-8-10(9(15)4-7(5-18)11(8)23-6)21-14(22)20(2)13(19-21)12(16)17/h3-4,12H,1-2H3. The molecule has 0 saturated carbocycles. The average Bonchev–Trinajstić information content (AvgIpc) is 3.00. The first-order valence-electron chi connectivity index (χ1n) is 6.42. The third-order valence-corrected chi connectivity index (χ3v) is 3.39. The van der Waals surface area contributed by atoms with Crippen molar-refractivity contribution in [1.82, 2.24) is 14.3 Å². The summed E-state index contributed by atoms with van der Waals surface area (Å²) in [6, 6.07) is 4.08. The number of hydrogen-bond acceptors (Lipinski definition) is 4. The maximum atomic E-state index is 14.4. The van der Waals surface area contributed by atoms with Gasteiger partial charge < -0.3 is 4.42 Å². The second-order valence-electron chi connectivity index (χ2n) is 4.88. The molecule has 0 aliphatic rings. The molecule has 6 nitrogen and oxygen atoms in total. The summed E-state index contributed by atoms with van der Waals surface area (Å²) in [5.74, 6) is -1.34. The average molecular weight is 322 g/mol. The molecule has 0 fully saturated rings. The Hall–Kier alpha value is -3.02. The summed E-state index contributed by atoms with van der Waals surface area (Å²) >= 11 is 0. The van der Waals surface area contributed by atoms with Gasteiger partial charge in [-0.2, -0.15) is 9.94 Å². The number of alkyl halides is 2. The number of rotatable bonds is 2. The monoisotopic (exact) mass is 322 g/mol. The normalized spacial score (nSPS) is 11.3. The fourth-order valence-corrected chi connectivity index (χ4v) is 2.37. The molecule has 0 radical (unpaired) electrons. The maximum Gasteiger partial charge on any atom is 0.350 e. The zero-order valence-corrected chi connectivity index (χ0v) is 12.0. The molecule has 23 heavy (non-hydrogen) atoms. The number of nitrogens with zero attached hydrogens (tertiary/aromatic N) is 4. The first kappa shape index (κ1) is 14.9. The van der Waals surface area contributed by atoms with Crippen molar-refractivity contribution >= 4 is 11.0 Å². The van der Waals surface area contributed by atoms with E-state index in [1.807, 2.05) is 0 Å². The lowest BCUT2D eigenvalue weighted by Gasteiger charge is -2.04. The second kappa shape index (κ2) is 5.01. The van der Waals surface area contributed by atoms with Gasteiger partial charge >= 0.3 is 5.69 Å². The van der Waals surface area contributed by atoms with E-state index in [2.05, 4.69) is 5.10 Å². The van der Waals surface area contributed by atoms with E-state index in [0.29, 0.717) is 15.0 Å². The Morgan fingerprint density at radius 2 is 2.09 bits per heavy atom. The van der Waals surface area contributed by atoms with Crippen molar-refractivity contribution in [3.63, 3.8) is 0 Å². The summed E-state index contributed by atoms with van der Waals surface area (Å²) in [5, 5.41) is 12.7. The van der Waals surface area contributed by atoms with Crippen LogP contribution in [-0.2, 0) is 7.05 Å². The highest BCUT2D eigenvalue weighted by Crippen LogP contribution is 2.30. The molecule has 9 heteroatoms. The largest absolute Gasteiger partial charge is 0.460 e. The van der Waals surface area contributed by atoms with Gasteiger partial charge in [0.05, 0.1) is 10.9 Å². The van der Waals surface area contributed by atoms with Crippen LogP contribution < -0.4 is 5.69 Å². The van der Waals surface area contributed by atoms with Crippen molar-refractivity contribution in [3.05, 3.63) is 45.6 Å². The minimum absolute atomic E-state index is 0.0626. The van der Waals surface area contributed by atoms with Crippen LogP contribution in [0.2, 0.25) is 0 Å². The highest BCUT2D eigenvalue weighted by molar-refractivity contribution is 5.91. The number of furan rings is 1. The van der Waals surface area contributed by atoms with Crippen LogP contribution in [0.4, 0.5) is 13.2 Å². The smallest absolute Gasteiger partial charge is 0.350 e. The zero-order valence-electron chi connectivity index (χ0n) is 12.0. The van der Waals surface area contributed by atoms with E-state index in [4.69, 9.17) is 9.68 Å². The van der Waals surface area contributed by atoms with Gasteiger partial charge in [-0.05, 0) is 19.1 Å². The molecule has 0 N–H and O–H groups in total. The molecular weight excluding hydrogens is 313 g/mol. The quantitative estimate of drug-likeness (QED) is 0.726. The molecule has 0 saturated heterocycles. The molecule has 0 aliphatic carbocycles. The zero-order chi connectivity index (χ0) is 16.9. The number of nitriles is 1. The van der Waals surface area contributed by atoms with Crippen LogP contribution in [0.15, 0.2) is 21.3 Å². The van der Waals surface area contributed by atoms with Gasteiger partial charge in [0.1, 0.15) is 17.5 Å². The Morgan fingerprint density at radius 3 is 2.65 bits per heavy atom. The number of fused-ring (bicyclic) bond motifs is 1. The Bertz CT molecular complexity index is 1020. The van der Waals surface area contributed by atoms with E-state index in [1.54, 1.807) is 13.0 Å². The Labute approximate surface area is 127 Å². The summed E-state index contributed by atoms with van der Waals surface area (Å²) in [4.78, 5) is 12.1. The molecule has 0 atom stereocenters. The van der Waals surface area contributed by atoms with Gasteiger partial charge in [-0.15, -0.1) is 5.10 Å². The molecule has 0 amide bonds. The van der Waals surface area contributed by atoms with Gasteiger partial charge in [-0.3, -0.25) is 4.57 Å². The molecule has 3 aromatic rings. The van der Waals surface area contributed by atoms with Crippen LogP contribution in [0.5, 0.6) is 0 Å². The summed E-state index contributed by atoms with van der Waals surface area (Å²) in [5.41, 5.74) is -1.25. The number of aryl methyl sites for hydroxylation is 1. The first-order valence-corrected chi connectivity index (χ1v) is 6.42. The van der Waals surface area contributed by atoms with Gasteiger partial charge in [0.15, 0.2) is 11.4 Å². The lowest BCUT2D eigenvalue weighted by atomic mass is 10.1. The van der Waals surface area contributed by atoms with E-state index in [1.165, 1.54) is 6.07 Å². The molecule has 3 rings (SSSR count). The Morgan fingerprint density at radius 1 is 1.39 bits per heavy atom. The van der Waals surface area contributed by atoms with E-state index in [9.17, 15) is 18.0 Å². The summed E-state index contributed by atoms with van der Waals surface area (Å²) in [6.45, 7) is 1.58. The third-order valence-electron chi connectivity index (χ3n) is 3.39. The van der Waals surface area contributed by atoms with E-state index in [0.717, 1.165) is 13.1 Å². The predicted octanol–water partition coefficient (Wildman–Crippen LogP) is 2.57. The molecule has 0 aliphatic heterocycles. The number of benzene rings is 1. The molecule has 118 valence electrons. The van der Waals surface area contributed by atoms with Gasteiger partial charge in [-0.1, -0.05) is 0 Å². The summed E-state index contributed by atoms with van der Waals surface area (Å²) in [6.07, 6.45) is -2.99. The van der Waals surface area contributed by atoms with E-state index in [-0.39, 0.29) is 22.2 Å².